The summed E-state index contributed by atoms with van der Waals surface area (Å²) in [7, 11) is -2.97. The largest absolute Gasteiger partial charge is 0.372 e. The Morgan fingerprint density at radius 2 is 1.76 bits per heavy atom. The highest BCUT2D eigenvalue weighted by Crippen LogP contribution is 2.25. The lowest BCUT2D eigenvalue weighted by Gasteiger charge is -2.42. The maximum absolute atomic E-state index is 12.3. The molecule has 1 aromatic rings. The molecule has 0 amide bonds. The molecule has 29 heavy (non-hydrogen) atoms. The average Bonchev–Trinajstić information content (AvgIpc) is 2.65. The van der Waals surface area contributed by atoms with Crippen LogP contribution < -0.4 is 4.90 Å². The van der Waals surface area contributed by atoms with Gasteiger partial charge in [-0.25, -0.2) is 8.42 Å². The fraction of sp³-hybridized carbons (Fsp3) is 0.696. The number of morpholine rings is 1. The van der Waals surface area contributed by atoms with Crippen LogP contribution in [0.15, 0.2) is 24.3 Å². The van der Waals surface area contributed by atoms with Gasteiger partial charge in [-0.15, -0.1) is 0 Å². The van der Waals surface area contributed by atoms with Crippen LogP contribution in [0.25, 0.3) is 0 Å². The Labute approximate surface area is 176 Å². The minimum Gasteiger partial charge on any atom is -0.372 e. The Bertz CT molecular complexity index is 758. The first-order chi connectivity index (χ1) is 13.6. The van der Waals surface area contributed by atoms with Gasteiger partial charge < -0.3 is 9.64 Å². The van der Waals surface area contributed by atoms with Gasteiger partial charge in [-0.1, -0.05) is 18.6 Å². The molecule has 0 aromatic heterocycles. The van der Waals surface area contributed by atoms with E-state index >= 15 is 0 Å². The first-order valence-electron chi connectivity index (χ1n) is 10.8. The minimum atomic E-state index is -2.97. The summed E-state index contributed by atoms with van der Waals surface area (Å²) in [5.41, 5.74) is 2.20. The monoisotopic (exact) mass is 423 g/mol. The van der Waals surface area contributed by atoms with E-state index in [0.717, 1.165) is 24.9 Å². The number of unbranched alkanes of at least 4 members (excludes halogenated alkanes) is 2. The van der Waals surface area contributed by atoms with Crippen molar-refractivity contribution in [2.45, 2.75) is 90.2 Å². The van der Waals surface area contributed by atoms with E-state index in [0.29, 0.717) is 25.3 Å². The van der Waals surface area contributed by atoms with Crippen LogP contribution in [0.5, 0.6) is 0 Å². The topological polar surface area (TPSA) is 63.7 Å². The van der Waals surface area contributed by atoms with Gasteiger partial charge in [0.25, 0.3) is 0 Å². The molecule has 1 aliphatic heterocycles. The molecule has 1 unspecified atom stereocenters. The normalized spacial score (nSPS) is 22.8. The highest BCUT2D eigenvalue weighted by atomic mass is 32.2. The average molecular weight is 424 g/mol. The standard InChI is InChI=1S/C23H37NO4S/c1-17(2)29(26,27)14-8-6-7-9-23(25)15-21-10-12-22(13-11-21)24-16-18(3)28-20(5)19(24)4/h10-13,17-20H,6-9,14-16H2,1-5H3/t18-,19?,20+/m0/s1. The number of carbonyl (C=O) groups is 1. The van der Waals surface area contributed by atoms with Crippen molar-refractivity contribution in [2.24, 2.45) is 0 Å². The van der Waals surface area contributed by atoms with Crippen LogP contribution in [0, 0.1) is 0 Å². The molecule has 0 bridgehead atoms. The molecule has 1 aliphatic rings. The number of anilines is 1. The number of sulfone groups is 1. The molecule has 3 atom stereocenters. The Kier molecular flexibility index (Phi) is 8.71. The molecule has 1 fully saturated rings. The van der Waals surface area contributed by atoms with Gasteiger partial charge in [-0.05, 0) is 65.2 Å². The van der Waals surface area contributed by atoms with Crippen molar-refractivity contribution >= 4 is 21.3 Å². The molecule has 5 nitrogen and oxygen atoms in total. The molecular weight excluding hydrogens is 386 g/mol. The number of Topliss-reactive ketones (excluding diaryl/α,β-unsaturated/α-hetero) is 1. The second-order valence-corrected chi connectivity index (χ2v) is 11.3. The number of rotatable bonds is 10. The fourth-order valence-corrected chi connectivity index (χ4v) is 4.80. The van der Waals surface area contributed by atoms with E-state index in [1.165, 1.54) is 5.69 Å². The van der Waals surface area contributed by atoms with Gasteiger partial charge in [-0.2, -0.15) is 0 Å². The third-order valence-corrected chi connectivity index (χ3v) is 8.14. The third-order valence-electron chi connectivity index (χ3n) is 5.84. The van der Waals surface area contributed by atoms with Gasteiger partial charge in [0, 0.05) is 25.1 Å². The molecule has 164 valence electrons. The van der Waals surface area contributed by atoms with E-state index in [1.54, 1.807) is 13.8 Å². The van der Waals surface area contributed by atoms with Gasteiger partial charge in [-0.3, -0.25) is 4.79 Å². The second-order valence-electron chi connectivity index (χ2n) is 8.65. The number of hydrogen-bond donors (Lipinski definition) is 0. The summed E-state index contributed by atoms with van der Waals surface area (Å²) in [6.07, 6.45) is 3.52. The Hall–Kier alpha value is -1.40. The van der Waals surface area contributed by atoms with Gasteiger partial charge in [0.15, 0.2) is 9.84 Å². The quantitative estimate of drug-likeness (QED) is 0.528. The van der Waals surface area contributed by atoms with Gasteiger partial charge in [0.2, 0.25) is 0 Å². The highest BCUT2D eigenvalue weighted by molar-refractivity contribution is 7.91. The zero-order chi connectivity index (χ0) is 21.6. The highest BCUT2D eigenvalue weighted by Gasteiger charge is 2.29. The molecule has 0 N–H and O–H groups in total. The Balaban J connectivity index is 1.77. The van der Waals surface area contributed by atoms with Crippen molar-refractivity contribution in [3.63, 3.8) is 0 Å². The molecule has 0 aliphatic carbocycles. The van der Waals surface area contributed by atoms with E-state index in [-0.39, 0.29) is 29.0 Å². The molecule has 0 saturated carbocycles. The van der Waals surface area contributed by atoms with Gasteiger partial charge in [0.1, 0.15) is 5.78 Å². The van der Waals surface area contributed by atoms with Gasteiger partial charge >= 0.3 is 0 Å². The van der Waals surface area contributed by atoms with Crippen molar-refractivity contribution in [2.75, 3.05) is 17.2 Å². The molecule has 0 spiro atoms. The van der Waals surface area contributed by atoms with Gasteiger partial charge in [0.05, 0.1) is 29.3 Å². The summed E-state index contributed by atoms with van der Waals surface area (Å²) in [5, 5.41) is -0.320. The fourth-order valence-electron chi connectivity index (χ4n) is 3.72. The minimum absolute atomic E-state index is 0.190. The maximum atomic E-state index is 12.3. The predicted octanol–water partition coefficient (Wildman–Crippen LogP) is 4.18. The number of hydrogen-bond acceptors (Lipinski definition) is 5. The number of carbonyl (C=O) groups excluding carboxylic acids is 1. The van der Waals surface area contributed by atoms with E-state index < -0.39 is 9.84 Å². The third kappa shape index (κ3) is 7.10. The first kappa shape index (κ1) is 23.9. The van der Waals surface area contributed by atoms with Crippen LogP contribution in [0.4, 0.5) is 5.69 Å². The van der Waals surface area contributed by atoms with E-state index in [2.05, 4.69) is 37.8 Å². The molecule has 1 aromatic carbocycles. The van der Waals surface area contributed by atoms with Crippen LogP contribution >= 0.6 is 0 Å². The van der Waals surface area contributed by atoms with Crippen molar-refractivity contribution in [1.82, 2.24) is 0 Å². The zero-order valence-electron chi connectivity index (χ0n) is 18.6. The van der Waals surface area contributed by atoms with E-state index in [4.69, 9.17) is 4.74 Å². The van der Waals surface area contributed by atoms with E-state index in [1.807, 2.05) is 12.1 Å². The summed E-state index contributed by atoms with van der Waals surface area (Å²) in [6.45, 7) is 10.7. The summed E-state index contributed by atoms with van der Waals surface area (Å²) in [5.74, 6) is 0.434. The molecule has 2 rings (SSSR count). The Morgan fingerprint density at radius 1 is 1.10 bits per heavy atom. The smallest absolute Gasteiger partial charge is 0.152 e. The number of benzene rings is 1. The number of ether oxygens (including phenoxy) is 1. The van der Waals surface area contributed by atoms with E-state index in [9.17, 15) is 13.2 Å². The number of ketones is 1. The van der Waals surface area contributed by atoms with Crippen molar-refractivity contribution in [3.05, 3.63) is 29.8 Å². The lowest BCUT2D eigenvalue weighted by atomic mass is 10.0. The lowest BCUT2D eigenvalue weighted by molar-refractivity contribution is -0.118. The molecular formula is C23H37NO4S. The lowest BCUT2D eigenvalue weighted by Crippen LogP contribution is -2.52. The summed E-state index contributed by atoms with van der Waals surface area (Å²) in [4.78, 5) is 14.6. The summed E-state index contributed by atoms with van der Waals surface area (Å²) in [6, 6.07) is 8.60. The SMILES string of the molecule is CC1[C@@H](C)O[C@@H](C)CN1c1ccc(CC(=O)CCCCCS(=O)(=O)C(C)C)cc1. The van der Waals surface area contributed by atoms with Crippen LogP contribution in [-0.2, 0) is 25.8 Å². The number of nitrogens with zero attached hydrogens (tertiary/aromatic N) is 1. The zero-order valence-corrected chi connectivity index (χ0v) is 19.4. The van der Waals surface area contributed by atoms with Crippen LogP contribution in [0.1, 0.15) is 65.9 Å². The first-order valence-corrected chi connectivity index (χ1v) is 12.6. The summed E-state index contributed by atoms with van der Waals surface area (Å²) >= 11 is 0. The molecule has 1 saturated heterocycles. The molecule has 1 heterocycles. The molecule has 6 heteroatoms. The van der Waals surface area contributed by atoms with Crippen molar-refractivity contribution in [1.29, 1.82) is 0 Å². The van der Waals surface area contributed by atoms with Crippen molar-refractivity contribution < 1.29 is 17.9 Å². The van der Waals surface area contributed by atoms with Crippen LogP contribution in [0.2, 0.25) is 0 Å². The second kappa shape index (κ2) is 10.6. The van der Waals surface area contributed by atoms with Crippen LogP contribution in [0.3, 0.4) is 0 Å². The molecule has 0 radical (unpaired) electrons. The Morgan fingerprint density at radius 3 is 2.38 bits per heavy atom. The predicted molar refractivity (Wildman–Crippen MR) is 119 cm³/mol. The van der Waals surface area contributed by atoms with Crippen LogP contribution in [-0.4, -0.2) is 50.0 Å². The maximum Gasteiger partial charge on any atom is 0.152 e. The summed E-state index contributed by atoms with van der Waals surface area (Å²) < 4.78 is 29.5. The van der Waals surface area contributed by atoms with Crippen molar-refractivity contribution in [3.8, 4) is 0 Å².